The number of allylic oxidation sites excluding steroid dienone is 4. The number of nitrogens with zero attached hydrogens (tertiary/aromatic N) is 1. The van der Waals surface area contributed by atoms with Crippen LogP contribution in [-0.4, -0.2) is 11.0 Å². The van der Waals surface area contributed by atoms with E-state index in [2.05, 4.69) is 13.2 Å². The number of hydrogen-bond acceptors (Lipinski definition) is 3. The van der Waals surface area contributed by atoms with Crippen molar-refractivity contribution >= 4 is 17.3 Å². The molecule has 104 valence electrons. The molecule has 0 fully saturated rings. The van der Waals surface area contributed by atoms with E-state index >= 15 is 0 Å². The third-order valence-electron chi connectivity index (χ3n) is 2.60. The maximum absolute atomic E-state index is 10.8. The highest BCUT2D eigenvalue weighted by atomic mass is 16.2. The van der Waals surface area contributed by atoms with Gasteiger partial charge in [-0.15, -0.1) is 0 Å². The molecular weight excluding hydrogens is 252 g/mol. The van der Waals surface area contributed by atoms with Crippen molar-refractivity contribution in [1.82, 2.24) is 5.01 Å². The van der Waals surface area contributed by atoms with E-state index in [1.165, 1.54) is 6.20 Å². The molecule has 0 spiro atoms. The fraction of sp³-hybridized carbons (Fsp3) is 0. The summed E-state index contributed by atoms with van der Waals surface area (Å²) in [7, 11) is 0. The molecule has 0 aliphatic rings. The van der Waals surface area contributed by atoms with Crippen LogP contribution in [0.5, 0.6) is 0 Å². The summed E-state index contributed by atoms with van der Waals surface area (Å²) in [5.41, 5.74) is 13.8. The number of rotatable bonds is 5. The van der Waals surface area contributed by atoms with Crippen LogP contribution in [0.3, 0.4) is 0 Å². The summed E-state index contributed by atoms with van der Waals surface area (Å²) >= 11 is 0. The smallest absolute Gasteiger partial charge is 0.333 e. The first-order valence-corrected chi connectivity index (χ1v) is 5.86. The highest BCUT2D eigenvalue weighted by Gasteiger charge is 2.04. The molecule has 0 bridgehead atoms. The van der Waals surface area contributed by atoms with Crippen molar-refractivity contribution in [2.75, 3.05) is 0 Å². The van der Waals surface area contributed by atoms with E-state index in [-0.39, 0.29) is 0 Å². The zero-order valence-electron chi connectivity index (χ0n) is 11.1. The summed E-state index contributed by atoms with van der Waals surface area (Å²) < 4.78 is 0. The third kappa shape index (κ3) is 3.86. The zero-order chi connectivity index (χ0) is 15.1. The lowest BCUT2D eigenvalue weighted by molar-refractivity contribution is 0.225. The Labute approximate surface area is 118 Å². The van der Waals surface area contributed by atoms with Crippen molar-refractivity contribution < 1.29 is 4.79 Å². The minimum Gasteiger partial charge on any atom is -0.397 e. The summed E-state index contributed by atoms with van der Waals surface area (Å²) in [5.74, 6) is 5.36. The maximum atomic E-state index is 10.8. The monoisotopic (exact) mass is 270 g/mol. The molecule has 0 saturated carbocycles. The van der Waals surface area contributed by atoms with Gasteiger partial charge >= 0.3 is 6.03 Å². The predicted octanol–water partition coefficient (Wildman–Crippen LogP) is 1.95. The van der Waals surface area contributed by atoms with Crippen LogP contribution < -0.4 is 17.3 Å². The average molecular weight is 270 g/mol. The second-order valence-electron chi connectivity index (χ2n) is 3.97. The second-order valence-corrected chi connectivity index (χ2v) is 3.97. The van der Waals surface area contributed by atoms with Gasteiger partial charge in [0.25, 0.3) is 0 Å². The normalized spacial score (nSPS) is 11.8. The van der Waals surface area contributed by atoms with Gasteiger partial charge in [-0.25, -0.2) is 15.6 Å². The predicted molar refractivity (Wildman–Crippen MR) is 82.6 cm³/mol. The molecule has 6 N–H and O–H groups in total. The molecule has 2 amide bonds. The Morgan fingerprint density at radius 3 is 2.10 bits per heavy atom. The van der Waals surface area contributed by atoms with E-state index in [0.29, 0.717) is 5.70 Å². The van der Waals surface area contributed by atoms with Crippen molar-refractivity contribution in [1.29, 1.82) is 0 Å². The Morgan fingerprint density at radius 2 is 1.65 bits per heavy atom. The second kappa shape index (κ2) is 6.96. The standard InChI is InChI=1S/C15H18N4O/c1-3-5-11(4-2)12-6-8-13(9-7-12)14(16)10-19(18)15(17)20/h3-10H,1-2,16,18H2,(H2,17,20)/b11-5+,14-10-. The Bertz CT molecular complexity index is 570. The van der Waals surface area contributed by atoms with Gasteiger partial charge in [-0.05, 0) is 16.7 Å². The first kappa shape index (κ1) is 15.3. The van der Waals surface area contributed by atoms with E-state index in [1.807, 2.05) is 30.3 Å². The molecule has 1 aromatic carbocycles. The first-order chi connectivity index (χ1) is 9.49. The van der Waals surface area contributed by atoms with Gasteiger partial charge in [-0.1, -0.05) is 55.7 Å². The minimum absolute atomic E-state index is 0.339. The number of carbonyl (C=O) groups is 1. The van der Waals surface area contributed by atoms with Gasteiger partial charge in [-0.3, -0.25) is 0 Å². The van der Waals surface area contributed by atoms with Crippen molar-refractivity contribution in [2.45, 2.75) is 0 Å². The molecule has 20 heavy (non-hydrogen) atoms. The van der Waals surface area contributed by atoms with Crippen molar-refractivity contribution in [3.63, 3.8) is 0 Å². The molecule has 0 saturated heterocycles. The number of benzene rings is 1. The molecule has 0 unspecified atom stereocenters. The molecule has 5 nitrogen and oxygen atoms in total. The van der Waals surface area contributed by atoms with Gasteiger partial charge in [0.2, 0.25) is 0 Å². The molecule has 1 aromatic rings. The Hall–Kier alpha value is -2.79. The Morgan fingerprint density at radius 1 is 1.10 bits per heavy atom. The lowest BCUT2D eigenvalue weighted by Crippen LogP contribution is -2.37. The quantitative estimate of drug-likeness (QED) is 0.330. The Balaban J connectivity index is 3.02. The number of urea groups is 1. The topological polar surface area (TPSA) is 98.4 Å². The van der Waals surface area contributed by atoms with Crippen LogP contribution in [0, 0.1) is 0 Å². The van der Waals surface area contributed by atoms with Crippen molar-refractivity contribution in [3.05, 3.63) is 73.0 Å². The van der Waals surface area contributed by atoms with E-state index in [9.17, 15) is 4.79 Å². The molecule has 0 heterocycles. The maximum Gasteiger partial charge on any atom is 0.333 e. The first-order valence-electron chi connectivity index (χ1n) is 5.86. The van der Waals surface area contributed by atoms with Crippen molar-refractivity contribution in [2.24, 2.45) is 17.3 Å². The summed E-state index contributed by atoms with van der Waals surface area (Å²) in [6, 6.07) is 6.62. The number of carbonyl (C=O) groups excluding carboxylic acids is 1. The highest BCUT2D eigenvalue weighted by Crippen LogP contribution is 2.18. The fourth-order valence-electron chi connectivity index (χ4n) is 1.55. The SMILES string of the molecule is C=C/C=C(\C=C)c1ccc(/C(N)=C/N(N)C(N)=O)cc1. The zero-order valence-corrected chi connectivity index (χ0v) is 11.1. The van der Waals surface area contributed by atoms with Crippen LogP contribution in [0.4, 0.5) is 4.79 Å². The van der Waals surface area contributed by atoms with Gasteiger partial charge in [0.1, 0.15) is 0 Å². The van der Waals surface area contributed by atoms with Gasteiger partial charge < -0.3 is 11.5 Å². The van der Waals surface area contributed by atoms with Crippen LogP contribution in [0.25, 0.3) is 11.3 Å². The van der Waals surface area contributed by atoms with Gasteiger partial charge in [0, 0.05) is 6.20 Å². The fourth-order valence-corrected chi connectivity index (χ4v) is 1.55. The summed E-state index contributed by atoms with van der Waals surface area (Å²) in [6.45, 7) is 7.40. The number of nitrogens with two attached hydrogens (primary N) is 3. The molecule has 1 rings (SSSR count). The largest absolute Gasteiger partial charge is 0.397 e. The molecule has 0 aliphatic carbocycles. The third-order valence-corrected chi connectivity index (χ3v) is 2.60. The van der Waals surface area contributed by atoms with E-state index in [4.69, 9.17) is 17.3 Å². The minimum atomic E-state index is -0.785. The summed E-state index contributed by atoms with van der Waals surface area (Å²) in [4.78, 5) is 10.8. The Kier molecular flexibility index (Phi) is 5.31. The van der Waals surface area contributed by atoms with E-state index < -0.39 is 6.03 Å². The number of amides is 2. The van der Waals surface area contributed by atoms with Crippen LogP contribution in [0.2, 0.25) is 0 Å². The van der Waals surface area contributed by atoms with E-state index in [1.54, 1.807) is 12.2 Å². The van der Waals surface area contributed by atoms with Gasteiger partial charge in [-0.2, -0.15) is 0 Å². The molecule has 0 atom stereocenters. The summed E-state index contributed by atoms with van der Waals surface area (Å²) in [6.07, 6.45) is 6.56. The number of hydrazine groups is 1. The lowest BCUT2D eigenvalue weighted by Gasteiger charge is -2.10. The van der Waals surface area contributed by atoms with Gasteiger partial charge in [0.15, 0.2) is 0 Å². The highest BCUT2D eigenvalue weighted by molar-refractivity contribution is 5.77. The molecule has 0 aliphatic heterocycles. The lowest BCUT2D eigenvalue weighted by atomic mass is 10.0. The van der Waals surface area contributed by atoms with Crippen molar-refractivity contribution in [3.8, 4) is 0 Å². The molecule has 5 heteroatoms. The van der Waals surface area contributed by atoms with Crippen LogP contribution in [0.1, 0.15) is 11.1 Å². The average Bonchev–Trinajstić information content (AvgIpc) is 2.44. The molecule has 0 radical (unpaired) electrons. The van der Waals surface area contributed by atoms with Gasteiger partial charge in [0.05, 0.1) is 5.70 Å². The summed E-state index contributed by atoms with van der Waals surface area (Å²) in [5, 5.41) is 0.732. The van der Waals surface area contributed by atoms with Crippen LogP contribution >= 0.6 is 0 Å². The van der Waals surface area contributed by atoms with Crippen LogP contribution in [-0.2, 0) is 0 Å². The molecule has 0 aromatic heterocycles. The molecular formula is C15H18N4O. The van der Waals surface area contributed by atoms with Crippen LogP contribution in [0.15, 0.2) is 61.9 Å². The number of primary amides is 1. The number of hydrogen-bond donors (Lipinski definition) is 3. The van der Waals surface area contributed by atoms with E-state index in [0.717, 1.165) is 21.7 Å².